The lowest BCUT2D eigenvalue weighted by Gasteiger charge is -2.30. The van der Waals surface area contributed by atoms with E-state index in [1.165, 1.54) is 6.07 Å². The molecular formula is C46H51FN10O5. The van der Waals surface area contributed by atoms with Crippen LogP contribution in [-0.2, 0) is 20.9 Å². The van der Waals surface area contributed by atoms with E-state index in [1.54, 1.807) is 29.1 Å². The molecule has 6 aromatic rings. The maximum atomic E-state index is 15.9. The molecule has 10 rings (SSSR count). The number of methoxy groups -OCH3 is 1. The number of hydrogen-bond donors (Lipinski definition) is 2. The summed E-state index contributed by atoms with van der Waals surface area (Å²) in [5.74, 6) is 1.07. The molecular weight excluding hydrogens is 792 g/mol. The molecule has 16 heteroatoms. The number of hydrogen-bond acceptors (Lipinski definition) is 12. The van der Waals surface area contributed by atoms with E-state index < -0.39 is 12.1 Å². The maximum Gasteiger partial charge on any atom is 0.319 e. The summed E-state index contributed by atoms with van der Waals surface area (Å²) in [6.45, 7) is 8.82. The van der Waals surface area contributed by atoms with Gasteiger partial charge in [0.1, 0.15) is 48.4 Å². The van der Waals surface area contributed by atoms with Crippen LogP contribution in [0.2, 0.25) is 0 Å². The number of amides is 1. The second kappa shape index (κ2) is 16.4. The minimum atomic E-state index is -0.586. The van der Waals surface area contributed by atoms with E-state index in [0.717, 1.165) is 89.5 Å². The molecule has 4 unspecified atom stereocenters. The van der Waals surface area contributed by atoms with Crippen molar-refractivity contribution in [3.63, 3.8) is 0 Å². The number of H-pyrrole nitrogens is 1. The summed E-state index contributed by atoms with van der Waals surface area (Å²) in [6, 6.07) is 11.5. The van der Waals surface area contributed by atoms with E-state index in [0.29, 0.717) is 53.7 Å². The van der Waals surface area contributed by atoms with Gasteiger partial charge in [0, 0.05) is 66.3 Å². The number of nitrogens with zero attached hydrogens (tertiary/aromatic N) is 8. The van der Waals surface area contributed by atoms with Gasteiger partial charge in [-0.1, -0.05) is 43.3 Å². The number of carbonyl (C=O) groups excluding carboxylic acids is 2. The van der Waals surface area contributed by atoms with Crippen LogP contribution in [0.4, 0.5) is 10.2 Å². The molecule has 2 N–H and O–H groups in total. The quantitative estimate of drug-likeness (QED) is 0.0878. The zero-order valence-electron chi connectivity index (χ0n) is 35.4. The number of halogens is 1. The molecule has 15 nitrogen and oxygen atoms in total. The molecule has 62 heavy (non-hydrogen) atoms. The number of likely N-dealkylation sites (tertiary alicyclic amines) is 1. The van der Waals surface area contributed by atoms with Crippen molar-refractivity contribution in [3.8, 4) is 34.1 Å². The van der Waals surface area contributed by atoms with Gasteiger partial charge in [-0.2, -0.15) is 15.1 Å². The highest BCUT2D eigenvalue weighted by Gasteiger charge is 2.41. The summed E-state index contributed by atoms with van der Waals surface area (Å²) in [4.78, 5) is 39.6. The molecule has 0 spiro atoms. The van der Waals surface area contributed by atoms with Crippen molar-refractivity contribution in [2.45, 2.75) is 89.6 Å². The van der Waals surface area contributed by atoms with Crippen molar-refractivity contribution in [1.29, 1.82) is 0 Å². The van der Waals surface area contributed by atoms with E-state index >= 15 is 4.39 Å². The van der Waals surface area contributed by atoms with E-state index in [2.05, 4.69) is 36.8 Å². The van der Waals surface area contributed by atoms with Gasteiger partial charge in [-0.25, -0.2) is 9.07 Å². The van der Waals surface area contributed by atoms with Crippen molar-refractivity contribution in [3.05, 3.63) is 71.3 Å². The third kappa shape index (κ3) is 7.21. The van der Waals surface area contributed by atoms with Crippen LogP contribution in [0.1, 0.15) is 74.6 Å². The highest BCUT2D eigenvalue weighted by atomic mass is 19.1. The van der Waals surface area contributed by atoms with Gasteiger partial charge in [0.05, 0.1) is 30.6 Å². The van der Waals surface area contributed by atoms with Crippen LogP contribution < -0.4 is 19.7 Å². The van der Waals surface area contributed by atoms with Crippen LogP contribution >= 0.6 is 0 Å². The molecule has 3 aromatic carbocycles. The fraction of sp³-hybridized carbons (Fsp3) is 0.457. The van der Waals surface area contributed by atoms with Crippen molar-refractivity contribution < 1.29 is 28.2 Å². The lowest BCUT2D eigenvalue weighted by atomic mass is 9.88. The van der Waals surface area contributed by atoms with Crippen LogP contribution in [-0.4, -0.2) is 110 Å². The first kappa shape index (κ1) is 40.1. The number of piperazine rings is 1. The van der Waals surface area contributed by atoms with Gasteiger partial charge < -0.3 is 34.1 Å². The minimum Gasteiger partial charge on any atom is -0.486 e. The Labute approximate surface area is 358 Å². The monoisotopic (exact) mass is 842 g/mol. The third-order valence-corrected chi connectivity index (χ3v) is 13.0. The number of carbonyl (C=O) groups is 2. The molecule has 6 heterocycles. The highest BCUT2D eigenvalue weighted by Crippen LogP contribution is 2.53. The zero-order chi connectivity index (χ0) is 42.6. The Hall–Kier alpha value is -6.00. The largest absolute Gasteiger partial charge is 0.486 e. The van der Waals surface area contributed by atoms with Crippen LogP contribution in [0.15, 0.2) is 48.8 Å². The molecule has 1 aliphatic carbocycles. The molecule has 322 valence electrons. The Kier molecular flexibility index (Phi) is 10.6. The summed E-state index contributed by atoms with van der Waals surface area (Å²) in [7, 11) is 1.63. The third-order valence-electron chi connectivity index (χ3n) is 13.0. The molecule has 4 fully saturated rings. The zero-order valence-corrected chi connectivity index (χ0v) is 35.4. The molecule has 1 amide bonds. The number of nitrogens with one attached hydrogen (secondary N) is 2. The van der Waals surface area contributed by atoms with E-state index in [9.17, 15) is 9.59 Å². The minimum absolute atomic E-state index is 0.0681. The Morgan fingerprint density at radius 1 is 1.05 bits per heavy atom. The first-order valence-electron chi connectivity index (χ1n) is 21.7. The summed E-state index contributed by atoms with van der Waals surface area (Å²) < 4.78 is 36.0. The average Bonchev–Trinajstić information content (AvgIpc) is 3.83. The molecule has 0 radical (unpaired) electrons. The SMILES string of the molecule is COCCOc1nc(N2CC3CC2CN3)c2cc(C3CC3)c(-c3c(C)c(F)cc4[nH]ncc34)c(OCc3ccc(-c4cn(C(C(=O)N5CCCC5C=O)C(C)C)nn4)cc3)c2n1. The molecule has 2 bridgehead atoms. The Morgan fingerprint density at radius 2 is 1.89 bits per heavy atom. The Bertz CT molecular complexity index is 2660. The summed E-state index contributed by atoms with van der Waals surface area (Å²) in [5.41, 5.74) is 6.63. The van der Waals surface area contributed by atoms with Gasteiger partial charge in [0.15, 0.2) is 5.75 Å². The summed E-state index contributed by atoms with van der Waals surface area (Å²) in [6.07, 6.45) is 8.94. The number of benzene rings is 3. The van der Waals surface area contributed by atoms with Crippen molar-refractivity contribution >= 4 is 39.8 Å². The fourth-order valence-electron chi connectivity index (χ4n) is 9.69. The van der Waals surface area contributed by atoms with Gasteiger partial charge in [-0.05, 0) is 79.7 Å². The van der Waals surface area contributed by atoms with Gasteiger partial charge in [-0.15, -0.1) is 5.10 Å². The van der Waals surface area contributed by atoms with Crippen LogP contribution in [0.25, 0.3) is 44.2 Å². The normalized spacial score (nSPS) is 20.3. The average molecular weight is 843 g/mol. The Morgan fingerprint density at radius 3 is 2.61 bits per heavy atom. The van der Waals surface area contributed by atoms with Crippen molar-refractivity contribution in [1.82, 2.24) is 45.4 Å². The standard InChI is InChI=1S/C46H51FN10O5/c1-25(2)42(45(59)55-13-5-6-31(55)23-58)57-22-38(53-54-57)29-9-7-27(8-10-29)24-62-43-40(39-26(3)36(47)18-37-35(39)20-49-52-37)33(28-11-12-28)17-34-41(43)50-46(61-15-14-60-4)51-44(34)56-21-30-16-32(56)19-48-30/h7-10,17-18,20,22-23,25,28,30-32,42,48H,5-6,11-16,19,21,24H2,1-4H3,(H,49,52). The van der Waals surface area contributed by atoms with E-state index in [-0.39, 0.29) is 48.8 Å². The van der Waals surface area contributed by atoms with Gasteiger partial charge in [0.2, 0.25) is 5.91 Å². The number of aromatic nitrogens is 7. The topological polar surface area (TPSA) is 166 Å². The van der Waals surface area contributed by atoms with Crippen molar-refractivity contribution in [2.75, 3.05) is 44.9 Å². The van der Waals surface area contributed by atoms with Gasteiger partial charge in [0.25, 0.3) is 0 Å². The summed E-state index contributed by atoms with van der Waals surface area (Å²) >= 11 is 0. The number of ether oxygens (including phenoxy) is 3. The van der Waals surface area contributed by atoms with E-state index in [1.807, 2.05) is 45.0 Å². The smallest absolute Gasteiger partial charge is 0.319 e. The lowest BCUT2D eigenvalue weighted by Crippen LogP contribution is -2.44. The van der Waals surface area contributed by atoms with Crippen LogP contribution in [0, 0.1) is 18.7 Å². The molecule has 3 aliphatic heterocycles. The Balaban J connectivity index is 1.04. The number of fused-ring (bicyclic) bond motifs is 4. The van der Waals surface area contributed by atoms with Crippen LogP contribution in [0.5, 0.6) is 11.8 Å². The molecule has 4 atom stereocenters. The second-order valence-electron chi connectivity index (χ2n) is 17.5. The highest BCUT2D eigenvalue weighted by molar-refractivity contribution is 6.06. The van der Waals surface area contributed by atoms with Gasteiger partial charge in [-0.3, -0.25) is 9.89 Å². The number of anilines is 1. The molecule has 3 saturated heterocycles. The van der Waals surface area contributed by atoms with Crippen molar-refractivity contribution in [2.24, 2.45) is 5.92 Å². The first-order valence-corrected chi connectivity index (χ1v) is 21.7. The summed E-state index contributed by atoms with van der Waals surface area (Å²) in [5, 5.41) is 21.5. The number of aromatic amines is 1. The number of aldehydes is 1. The lowest BCUT2D eigenvalue weighted by molar-refractivity contribution is -0.139. The molecule has 3 aromatic heterocycles. The van der Waals surface area contributed by atoms with Crippen LogP contribution in [0.3, 0.4) is 0 Å². The van der Waals surface area contributed by atoms with E-state index in [4.69, 9.17) is 24.2 Å². The molecule has 4 aliphatic rings. The predicted molar refractivity (Wildman–Crippen MR) is 231 cm³/mol. The maximum absolute atomic E-state index is 15.9. The molecule has 1 saturated carbocycles. The second-order valence-corrected chi connectivity index (χ2v) is 17.5. The number of rotatable bonds is 15. The first-order chi connectivity index (χ1) is 30.2. The fourth-order valence-corrected chi connectivity index (χ4v) is 9.69. The van der Waals surface area contributed by atoms with Gasteiger partial charge >= 0.3 is 6.01 Å². The predicted octanol–water partition coefficient (Wildman–Crippen LogP) is 6.30.